The minimum Gasteiger partial charge on any atom is -0.497 e. The van der Waals surface area contributed by atoms with E-state index in [1.165, 1.54) is 0 Å². The van der Waals surface area contributed by atoms with Crippen molar-refractivity contribution in [2.45, 2.75) is 6.61 Å². The Hall–Kier alpha value is -2.93. The second kappa shape index (κ2) is 6.45. The van der Waals surface area contributed by atoms with Crippen LogP contribution in [0.2, 0.25) is 0 Å². The Bertz CT molecular complexity index is 802. The van der Waals surface area contributed by atoms with Gasteiger partial charge in [-0.3, -0.25) is 4.98 Å². The van der Waals surface area contributed by atoms with Gasteiger partial charge >= 0.3 is 0 Å². The molecule has 3 rings (SSSR count). The SMILES string of the molecule is COc1ccc(-n2nnc(CO)c2-c2ccncc2)c(OC)c1. The summed E-state index contributed by atoms with van der Waals surface area (Å²) < 4.78 is 12.3. The van der Waals surface area contributed by atoms with Crippen LogP contribution < -0.4 is 9.47 Å². The molecule has 0 aliphatic rings. The van der Waals surface area contributed by atoms with Crippen molar-refractivity contribution in [3.63, 3.8) is 0 Å². The topological polar surface area (TPSA) is 82.3 Å². The Kier molecular flexibility index (Phi) is 4.20. The van der Waals surface area contributed by atoms with Gasteiger partial charge in [-0.25, -0.2) is 4.68 Å². The van der Waals surface area contributed by atoms with Crippen LogP contribution in [0, 0.1) is 0 Å². The van der Waals surface area contributed by atoms with Crippen molar-refractivity contribution in [2.75, 3.05) is 14.2 Å². The van der Waals surface area contributed by atoms with Gasteiger partial charge in [-0.2, -0.15) is 0 Å². The van der Waals surface area contributed by atoms with E-state index >= 15 is 0 Å². The van der Waals surface area contributed by atoms with Gasteiger partial charge < -0.3 is 14.6 Å². The first-order valence-electron chi connectivity index (χ1n) is 6.96. The number of pyridine rings is 1. The molecule has 7 heteroatoms. The van der Waals surface area contributed by atoms with Gasteiger partial charge in [0.25, 0.3) is 0 Å². The van der Waals surface area contributed by atoms with E-state index < -0.39 is 0 Å². The van der Waals surface area contributed by atoms with E-state index in [1.54, 1.807) is 37.4 Å². The van der Waals surface area contributed by atoms with Gasteiger partial charge in [0.1, 0.15) is 28.6 Å². The smallest absolute Gasteiger partial charge is 0.148 e. The van der Waals surface area contributed by atoms with Crippen molar-refractivity contribution in [2.24, 2.45) is 0 Å². The maximum Gasteiger partial charge on any atom is 0.148 e. The molecule has 0 spiro atoms. The Morgan fingerprint density at radius 3 is 2.52 bits per heavy atom. The van der Waals surface area contributed by atoms with Crippen LogP contribution in [0.4, 0.5) is 0 Å². The number of aliphatic hydroxyl groups excluding tert-OH is 1. The van der Waals surface area contributed by atoms with Gasteiger partial charge in [0.15, 0.2) is 0 Å². The molecule has 7 nitrogen and oxygen atoms in total. The monoisotopic (exact) mass is 312 g/mol. The van der Waals surface area contributed by atoms with Crippen molar-refractivity contribution in [1.82, 2.24) is 20.0 Å². The molecule has 0 aliphatic carbocycles. The van der Waals surface area contributed by atoms with Gasteiger partial charge in [0.2, 0.25) is 0 Å². The van der Waals surface area contributed by atoms with E-state index in [0.29, 0.717) is 28.6 Å². The predicted octanol–water partition coefficient (Wildman–Crippen LogP) is 1.84. The summed E-state index contributed by atoms with van der Waals surface area (Å²) in [6.07, 6.45) is 3.36. The molecule has 0 saturated heterocycles. The zero-order chi connectivity index (χ0) is 16.2. The largest absolute Gasteiger partial charge is 0.497 e. The first kappa shape index (κ1) is 15.0. The lowest BCUT2D eigenvalue weighted by molar-refractivity contribution is 0.277. The summed E-state index contributed by atoms with van der Waals surface area (Å²) >= 11 is 0. The molecule has 0 bridgehead atoms. The van der Waals surface area contributed by atoms with Crippen LogP contribution in [0.1, 0.15) is 5.69 Å². The minimum atomic E-state index is -0.212. The number of nitrogens with zero attached hydrogens (tertiary/aromatic N) is 4. The molecule has 0 unspecified atom stereocenters. The highest BCUT2D eigenvalue weighted by Crippen LogP contribution is 2.32. The molecule has 118 valence electrons. The summed E-state index contributed by atoms with van der Waals surface area (Å²) in [5.41, 5.74) is 2.73. The van der Waals surface area contributed by atoms with E-state index in [0.717, 1.165) is 5.56 Å². The number of rotatable bonds is 5. The van der Waals surface area contributed by atoms with Crippen molar-refractivity contribution in [3.8, 4) is 28.4 Å². The molecule has 23 heavy (non-hydrogen) atoms. The van der Waals surface area contributed by atoms with Crippen LogP contribution in [0.15, 0.2) is 42.7 Å². The fraction of sp³-hybridized carbons (Fsp3) is 0.188. The second-order valence-corrected chi connectivity index (χ2v) is 4.73. The maximum absolute atomic E-state index is 9.57. The maximum atomic E-state index is 9.57. The average molecular weight is 312 g/mol. The Balaban J connectivity index is 2.20. The highest BCUT2D eigenvalue weighted by Gasteiger charge is 2.18. The van der Waals surface area contributed by atoms with Crippen molar-refractivity contribution >= 4 is 0 Å². The molecule has 0 fully saturated rings. The quantitative estimate of drug-likeness (QED) is 0.774. The van der Waals surface area contributed by atoms with Gasteiger partial charge in [-0.05, 0) is 24.3 Å². The van der Waals surface area contributed by atoms with E-state index in [2.05, 4.69) is 15.3 Å². The van der Waals surface area contributed by atoms with Crippen LogP contribution in [-0.4, -0.2) is 39.3 Å². The standard InChI is InChI=1S/C16H16N4O3/c1-22-12-3-4-14(15(9-12)23-2)20-16(13(10-21)18-19-20)11-5-7-17-8-6-11/h3-9,21H,10H2,1-2H3. The van der Waals surface area contributed by atoms with Crippen molar-refractivity contribution in [1.29, 1.82) is 0 Å². The Labute approximate surface area is 133 Å². The first-order valence-corrected chi connectivity index (χ1v) is 6.96. The number of hydrogen-bond donors (Lipinski definition) is 1. The lowest BCUT2D eigenvalue weighted by atomic mass is 10.1. The fourth-order valence-electron chi connectivity index (χ4n) is 2.35. The molecule has 0 radical (unpaired) electrons. The number of aromatic nitrogens is 4. The number of ether oxygens (including phenoxy) is 2. The highest BCUT2D eigenvalue weighted by molar-refractivity contribution is 5.65. The normalized spacial score (nSPS) is 10.6. The predicted molar refractivity (Wildman–Crippen MR) is 83.6 cm³/mol. The van der Waals surface area contributed by atoms with Gasteiger partial charge in [0, 0.05) is 24.0 Å². The summed E-state index contributed by atoms with van der Waals surface area (Å²) in [6, 6.07) is 9.09. The minimum absolute atomic E-state index is 0.212. The average Bonchev–Trinajstić information content (AvgIpc) is 3.05. The van der Waals surface area contributed by atoms with E-state index in [4.69, 9.17) is 9.47 Å². The zero-order valence-electron chi connectivity index (χ0n) is 12.8. The summed E-state index contributed by atoms with van der Waals surface area (Å²) in [7, 11) is 3.17. The van der Waals surface area contributed by atoms with Crippen LogP contribution in [0.25, 0.3) is 16.9 Å². The second-order valence-electron chi connectivity index (χ2n) is 4.73. The van der Waals surface area contributed by atoms with Crippen LogP contribution >= 0.6 is 0 Å². The van der Waals surface area contributed by atoms with E-state index in [1.807, 2.05) is 24.3 Å². The van der Waals surface area contributed by atoms with Gasteiger partial charge in [-0.15, -0.1) is 5.10 Å². The van der Waals surface area contributed by atoms with E-state index in [-0.39, 0.29) is 6.61 Å². The first-order chi connectivity index (χ1) is 11.3. The number of benzene rings is 1. The van der Waals surface area contributed by atoms with Gasteiger partial charge in [0.05, 0.1) is 20.8 Å². The lowest BCUT2D eigenvalue weighted by Crippen LogP contribution is -2.03. The van der Waals surface area contributed by atoms with Gasteiger partial charge in [-0.1, -0.05) is 5.21 Å². The number of aliphatic hydroxyl groups is 1. The van der Waals surface area contributed by atoms with E-state index in [9.17, 15) is 5.11 Å². The lowest BCUT2D eigenvalue weighted by Gasteiger charge is -2.12. The molecule has 0 atom stereocenters. The Morgan fingerprint density at radius 2 is 1.87 bits per heavy atom. The zero-order valence-corrected chi connectivity index (χ0v) is 12.8. The van der Waals surface area contributed by atoms with Crippen LogP contribution in [-0.2, 0) is 6.61 Å². The van der Waals surface area contributed by atoms with Crippen LogP contribution in [0.5, 0.6) is 11.5 Å². The molecule has 1 aromatic carbocycles. The van der Waals surface area contributed by atoms with Crippen molar-refractivity contribution < 1.29 is 14.6 Å². The fourth-order valence-corrected chi connectivity index (χ4v) is 2.35. The molecule has 0 amide bonds. The highest BCUT2D eigenvalue weighted by atomic mass is 16.5. The molecule has 2 heterocycles. The molecule has 2 aromatic heterocycles. The number of methoxy groups -OCH3 is 2. The number of hydrogen-bond acceptors (Lipinski definition) is 6. The third-order valence-electron chi connectivity index (χ3n) is 3.46. The molecular weight excluding hydrogens is 296 g/mol. The third kappa shape index (κ3) is 2.74. The summed E-state index contributed by atoms with van der Waals surface area (Å²) in [5, 5.41) is 17.8. The Morgan fingerprint density at radius 1 is 1.09 bits per heavy atom. The summed E-state index contributed by atoms with van der Waals surface area (Å²) in [6.45, 7) is -0.212. The molecule has 1 N–H and O–H groups in total. The third-order valence-corrected chi connectivity index (χ3v) is 3.46. The summed E-state index contributed by atoms with van der Waals surface area (Å²) in [5.74, 6) is 1.27. The molecular formula is C16H16N4O3. The van der Waals surface area contributed by atoms with Crippen LogP contribution in [0.3, 0.4) is 0 Å². The summed E-state index contributed by atoms with van der Waals surface area (Å²) in [4.78, 5) is 4.02. The molecule has 3 aromatic rings. The molecule has 0 saturated carbocycles. The molecule has 0 aliphatic heterocycles. The van der Waals surface area contributed by atoms with Crippen molar-refractivity contribution in [3.05, 3.63) is 48.4 Å².